The molecule has 2 fully saturated rings. The van der Waals surface area contributed by atoms with Crippen molar-refractivity contribution in [3.05, 3.63) is 42.2 Å². The summed E-state index contributed by atoms with van der Waals surface area (Å²) in [7, 11) is 0. The summed E-state index contributed by atoms with van der Waals surface area (Å²) in [6.45, 7) is 7.66. The van der Waals surface area contributed by atoms with Gasteiger partial charge in [0.25, 0.3) is 5.91 Å². The molecule has 2 aliphatic heterocycles. The number of hydrogen-bond donors (Lipinski definition) is 0. The number of para-hydroxylation sites is 2. The number of benzene rings is 1. The molecule has 0 spiro atoms. The second-order valence-corrected chi connectivity index (χ2v) is 9.38. The van der Waals surface area contributed by atoms with E-state index in [1.807, 2.05) is 19.3 Å². The zero-order valence-electron chi connectivity index (χ0n) is 18.9. The van der Waals surface area contributed by atoms with Crippen molar-refractivity contribution in [1.29, 1.82) is 0 Å². The molecule has 3 aromatic rings. The van der Waals surface area contributed by atoms with Crippen LogP contribution in [0.5, 0.6) is 0 Å². The Bertz CT molecular complexity index is 1130. The van der Waals surface area contributed by atoms with E-state index in [4.69, 9.17) is 24.0 Å². The molecule has 1 unspecified atom stereocenters. The minimum atomic E-state index is -0.837. The maximum Gasteiger partial charge on any atom is 0.252 e. The molecule has 3 aliphatic rings. The summed E-state index contributed by atoms with van der Waals surface area (Å²) in [6.07, 6.45) is 6.99. The molecule has 1 atom stereocenters. The summed E-state index contributed by atoms with van der Waals surface area (Å²) < 4.78 is 20.6. The minimum Gasteiger partial charge on any atom is -0.339 e. The Morgan fingerprint density at radius 3 is 2.69 bits per heavy atom. The van der Waals surface area contributed by atoms with Crippen LogP contribution in [-0.4, -0.2) is 38.8 Å². The van der Waals surface area contributed by atoms with Crippen LogP contribution in [-0.2, 0) is 15.0 Å². The third kappa shape index (κ3) is 2.85. The van der Waals surface area contributed by atoms with Gasteiger partial charge in [-0.15, -0.1) is 0 Å². The molecule has 1 aliphatic carbocycles. The fraction of sp³-hybridized carbons (Fsp3) is 0.542. The second-order valence-electron chi connectivity index (χ2n) is 9.38. The molecule has 4 heterocycles. The van der Waals surface area contributed by atoms with E-state index < -0.39 is 11.4 Å². The van der Waals surface area contributed by atoms with Crippen LogP contribution in [0.1, 0.15) is 70.4 Å². The van der Waals surface area contributed by atoms with Crippen LogP contribution in [0.3, 0.4) is 0 Å². The van der Waals surface area contributed by atoms with E-state index >= 15 is 0 Å². The van der Waals surface area contributed by atoms with Crippen molar-refractivity contribution in [2.24, 2.45) is 0 Å². The fourth-order valence-electron chi connectivity index (χ4n) is 5.31. The van der Waals surface area contributed by atoms with Crippen LogP contribution in [0.25, 0.3) is 17.2 Å². The lowest BCUT2D eigenvalue weighted by atomic mass is 9.89. The minimum absolute atomic E-state index is 0.400. The van der Waals surface area contributed by atoms with Crippen LogP contribution in [0.15, 0.2) is 35.1 Å². The van der Waals surface area contributed by atoms with Gasteiger partial charge in [-0.3, -0.25) is 4.57 Å². The number of anilines is 1. The van der Waals surface area contributed by atoms with Gasteiger partial charge in [-0.1, -0.05) is 17.3 Å². The topological polar surface area (TPSA) is 78.4 Å². The molecule has 0 amide bonds. The third-order valence-electron chi connectivity index (χ3n) is 6.79. The maximum atomic E-state index is 6.44. The molecule has 32 heavy (non-hydrogen) atoms. The van der Waals surface area contributed by atoms with Gasteiger partial charge in [0.05, 0.1) is 29.2 Å². The highest BCUT2D eigenvalue weighted by atomic mass is 16.7. The number of imidazole rings is 1. The lowest BCUT2D eigenvalue weighted by Crippen LogP contribution is -2.63. The number of aromatic nitrogens is 4. The Kier molecular flexibility index (Phi) is 4.45. The summed E-state index contributed by atoms with van der Waals surface area (Å²) in [5.41, 5.74) is 3.35. The normalized spacial score (nSPS) is 24.3. The first-order chi connectivity index (χ1) is 15.5. The predicted molar refractivity (Wildman–Crippen MR) is 118 cm³/mol. The van der Waals surface area contributed by atoms with Crippen molar-refractivity contribution in [3.8, 4) is 17.2 Å². The molecule has 0 N–H and O–H groups in total. The van der Waals surface area contributed by atoms with Gasteiger partial charge in [0.2, 0.25) is 11.7 Å². The van der Waals surface area contributed by atoms with E-state index in [1.54, 1.807) is 0 Å². The number of nitrogens with zero attached hydrogens (tertiary/aromatic N) is 5. The Balaban J connectivity index is 1.55. The maximum absolute atomic E-state index is 6.44. The number of hydrogen-bond acceptors (Lipinski definition) is 7. The van der Waals surface area contributed by atoms with E-state index in [-0.39, 0.29) is 0 Å². The van der Waals surface area contributed by atoms with E-state index in [1.165, 1.54) is 0 Å². The monoisotopic (exact) mass is 435 g/mol. The molecule has 0 bridgehead atoms. The molecule has 0 radical (unpaired) electrons. The molecule has 1 saturated carbocycles. The third-order valence-corrected chi connectivity index (χ3v) is 6.79. The largest absolute Gasteiger partial charge is 0.339 e. The summed E-state index contributed by atoms with van der Waals surface area (Å²) in [4.78, 5) is 11.8. The van der Waals surface area contributed by atoms with Crippen LogP contribution < -0.4 is 4.90 Å². The first-order valence-corrected chi connectivity index (χ1v) is 11.6. The van der Waals surface area contributed by atoms with Crippen molar-refractivity contribution in [3.63, 3.8) is 0 Å². The van der Waals surface area contributed by atoms with Crippen molar-refractivity contribution >= 4 is 5.69 Å². The van der Waals surface area contributed by atoms with Gasteiger partial charge < -0.3 is 18.9 Å². The van der Waals surface area contributed by atoms with Gasteiger partial charge in [0.15, 0.2) is 0 Å². The Morgan fingerprint density at radius 1 is 1.16 bits per heavy atom. The lowest BCUT2D eigenvalue weighted by molar-refractivity contribution is -0.260. The highest BCUT2D eigenvalue weighted by Gasteiger charge is 2.53. The van der Waals surface area contributed by atoms with Gasteiger partial charge >= 0.3 is 0 Å². The summed E-state index contributed by atoms with van der Waals surface area (Å²) in [5.74, 6) is 0.824. The van der Waals surface area contributed by atoms with Crippen molar-refractivity contribution in [2.45, 2.75) is 70.2 Å². The number of fused-ring (bicyclic) bond motifs is 3. The summed E-state index contributed by atoms with van der Waals surface area (Å²) >= 11 is 0. The first kappa shape index (κ1) is 19.9. The standard InChI is InChI=1S/C24H29N5O3/c1-4-30-24(13-7-8-14-31-24)29-18-10-6-5-9-17(18)28-15-25-19(20(28)23(29,2)3)21-26-22(32-27-21)16-11-12-16/h5-6,9-10,15-16H,4,7-8,11-14H2,1-3H3. The van der Waals surface area contributed by atoms with Crippen LogP contribution in [0, 0.1) is 0 Å². The Hall–Kier alpha value is -2.71. The van der Waals surface area contributed by atoms with E-state index in [0.717, 1.165) is 54.9 Å². The summed E-state index contributed by atoms with van der Waals surface area (Å²) in [5, 5.41) is 4.30. The van der Waals surface area contributed by atoms with E-state index in [9.17, 15) is 0 Å². The van der Waals surface area contributed by atoms with Crippen molar-refractivity contribution in [2.75, 3.05) is 18.1 Å². The van der Waals surface area contributed by atoms with Gasteiger partial charge in [-0.25, -0.2) is 4.98 Å². The Morgan fingerprint density at radius 2 is 1.97 bits per heavy atom. The Labute approximate surface area is 187 Å². The first-order valence-electron chi connectivity index (χ1n) is 11.6. The molecule has 168 valence electrons. The highest BCUT2D eigenvalue weighted by molar-refractivity contribution is 5.73. The fourth-order valence-corrected chi connectivity index (χ4v) is 5.31. The second kappa shape index (κ2) is 7.15. The average molecular weight is 436 g/mol. The molecule has 8 nitrogen and oxygen atoms in total. The van der Waals surface area contributed by atoms with Gasteiger partial charge in [-0.05, 0) is 58.6 Å². The van der Waals surface area contributed by atoms with Crippen LogP contribution in [0.2, 0.25) is 0 Å². The molecular formula is C24H29N5O3. The molecule has 1 aromatic carbocycles. The van der Waals surface area contributed by atoms with Gasteiger partial charge in [0, 0.05) is 18.9 Å². The van der Waals surface area contributed by atoms with Crippen molar-refractivity contribution in [1.82, 2.24) is 19.7 Å². The highest BCUT2D eigenvalue weighted by Crippen LogP contribution is 2.51. The predicted octanol–water partition coefficient (Wildman–Crippen LogP) is 4.75. The smallest absolute Gasteiger partial charge is 0.252 e. The van der Waals surface area contributed by atoms with E-state index in [0.29, 0.717) is 30.8 Å². The van der Waals surface area contributed by atoms with Gasteiger partial charge in [0.1, 0.15) is 12.0 Å². The molecule has 2 aromatic heterocycles. The molecule has 1 saturated heterocycles. The zero-order chi connectivity index (χ0) is 21.9. The molecule has 8 heteroatoms. The van der Waals surface area contributed by atoms with Crippen molar-refractivity contribution < 1.29 is 14.0 Å². The number of rotatable bonds is 5. The average Bonchev–Trinajstić information content (AvgIpc) is 3.33. The van der Waals surface area contributed by atoms with Crippen LogP contribution in [0.4, 0.5) is 5.69 Å². The molecular weight excluding hydrogens is 406 g/mol. The quantitative estimate of drug-likeness (QED) is 0.572. The SMILES string of the molecule is CCOC1(N2c3ccccc3-n3cnc(-c4noc(C5CC5)n4)c3C2(C)C)CCCCO1. The van der Waals surface area contributed by atoms with Crippen LogP contribution >= 0.6 is 0 Å². The van der Waals surface area contributed by atoms with Gasteiger partial charge in [-0.2, -0.15) is 4.98 Å². The number of ether oxygens (including phenoxy) is 2. The summed E-state index contributed by atoms with van der Waals surface area (Å²) in [6, 6.07) is 8.36. The molecule has 6 rings (SSSR count). The van der Waals surface area contributed by atoms with E-state index in [2.05, 4.69) is 46.7 Å². The lowest BCUT2D eigenvalue weighted by Gasteiger charge is -2.55. The zero-order valence-corrected chi connectivity index (χ0v) is 18.9.